The molecular formula is C23H25NO5S2. The number of carbonyl (C=O) groups is 1. The van der Waals surface area contributed by atoms with Gasteiger partial charge in [-0.15, -0.1) is 11.3 Å². The fourth-order valence-electron chi connectivity index (χ4n) is 3.06. The zero-order valence-corrected chi connectivity index (χ0v) is 19.3. The molecule has 0 aliphatic rings. The van der Waals surface area contributed by atoms with E-state index < -0.39 is 9.84 Å². The third-order valence-electron chi connectivity index (χ3n) is 4.73. The molecule has 0 bridgehead atoms. The van der Waals surface area contributed by atoms with E-state index in [1.165, 1.54) is 12.1 Å². The van der Waals surface area contributed by atoms with Crippen molar-refractivity contribution >= 4 is 27.1 Å². The Morgan fingerprint density at radius 1 is 1.06 bits per heavy atom. The van der Waals surface area contributed by atoms with Crippen molar-refractivity contribution in [3.63, 3.8) is 0 Å². The quantitative estimate of drug-likeness (QED) is 0.474. The summed E-state index contributed by atoms with van der Waals surface area (Å²) in [6.07, 6.45) is 1.13. The van der Waals surface area contributed by atoms with Gasteiger partial charge < -0.3 is 14.4 Å². The Balaban J connectivity index is 1.75. The Kier molecular flexibility index (Phi) is 7.35. The Bertz CT molecular complexity index is 1140. The number of sulfone groups is 1. The summed E-state index contributed by atoms with van der Waals surface area (Å²) in [5, 5.41) is 2.00. The first-order chi connectivity index (χ1) is 14.8. The molecule has 0 N–H and O–H groups in total. The van der Waals surface area contributed by atoms with E-state index in [0.717, 1.165) is 16.7 Å². The lowest BCUT2D eigenvalue weighted by molar-refractivity contribution is 0.0752. The molecule has 0 aliphatic carbocycles. The molecular weight excluding hydrogens is 434 g/mol. The van der Waals surface area contributed by atoms with Crippen LogP contribution in [0, 0.1) is 0 Å². The van der Waals surface area contributed by atoms with E-state index in [1.54, 1.807) is 35.5 Å². The molecule has 1 aromatic heterocycles. The van der Waals surface area contributed by atoms with Crippen molar-refractivity contribution in [3.8, 4) is 11.5 Å². The smallest absolute Gasteiger partial charge is 0.254 e. The summed E-state index contributed by atoms with van der Waals surface area (Å²) in [6, 6.07) is 15.7. The van der Waals surface area contributed by atoms with E-state index in [1.807, 2.05) is 42.6 Å². The topological polar surface area (TPSA) is 72.9 Å². The largest absolute Gasteiger partial charge is 0.493 e. The van der Waals surface area contributed by atoms with Crippen LogP contribution < -0.4 is 9.47 Å². The van der Waals surface area contributed by atoms with Gasteiger partial charge in [0.1, 0.15) is 6.61 Å². The van der Waals surface area contributed by atoms with Crippen LogP contribution in [0.5, 0.6) is 11.5 Å². The molecule has 0 radical (unpaired) electrons. The summed E-state index contributed by atoms with van der Waals surface area (Å²) in [7, 11) is -1.81. The maximum absolute atomic E-state index is 13.0. The Labute approximate surface area is 187 Å². The summed E-state index contributed by atoms with van der Waals surface area (Å²) >= 11 is 1.63. The van der Waals surface area contributed by atoms with Crippen molar-refractivity contribution in [3.05, 3.63) is 76.0 Å². The number of methoxy groups -OCH3 is 1. The van der Waals surface area contributed by atoms with Gasteiger partial charge in [0.2, 0.25) is 0 Å². The van der Waals surface area contributed by atoms with Gasteiger partial charge in [-0.1, -0.05) is 18.2 Å². The van der Waals surface area contributed by atoms with Gasteiger partial charge in [-0.05, 0) is 54.3 Å². The lowest BCUT2D eigenvalue weighted by Gasteiger charge is -2.22. The molecule has 1 amide bonds. The Morgan fingerprint density at radius 2 is 1.87 bits per heavy atom. The maximum atomic E-state index is 13.0. The number of ether oxygens (including phenoxy) is 2. The van der Waals surface area contributed by atoms with Gasteiger partial charge in [0.15, 0.2) is 21.3 Å². The second-order valence-electron chi connectivity index (χ2n) is 6.97. The monoisotopic (exact) mass is 459 g/mol. The van der Waals surface area contributed by atoms with Crippen LogP contribution in [0.1, 0.15) is 27.7 Å². The molecule has 6 nitrogen and oxygen atoms in total. The Morgan fingerprint density at radius 3 is 2.52 bits per heavy atom. The second-order valence-corrected chi connectivity index (χ2v) is 10.0. The first kappa shape index (κ1) is 22.8. The number of rotatable bonds is 9. The van der Waals surface area contributed by atoms with Gasteiger partial charge in [-0.2, -0.15) is 0 Å². The van der Waals surface area contributed by atoms with Crippen LogP contribution in [-0.2, 0) is 23.0 Å². The van der Waals surface area contributed by atoms with Gasteiger partial charge in [0.25, 0.3) is 5.91 Å². The van der Waals surface area contributed by atoms with E-state index >= 15 is 0 Å². The number of hydrogen-bond acceptors (Lipinski definition) is 6. The van der Waals surface area contributed by atoms with Gasteiger partial charge in [-0.25, -0.2) is 8.42 Å². The SMILES string of the molecule is CCN(Cc1ccc(OCc2cccs2)c(OC)c1)C(=O)c1cccc(S(C)(=O)=O)c1. The molecule has 3 aromatic rings. The van der Waals surface area contributed by atoms with E-state index in [2.05, 4.69) is 0 Å². The molecule has 8 heteroatoms. The molecule has 3 rings (SSSR count). The van der Waals surface area contributed by atoms with E-state index in [9.17, 15) is 13.2 Å². The molecule has 31 heavy (non-hydrogen) atoms. The minimum absolute atomic E-state index is 0.128. The number of amides is 1. The predicted octanol–water partition coefficient (Wildman–Crippen LogP) is 4.40. The fraction of sp³-hybridized carbons (Fsp3) is 0.261. The molecule has 0 spiro atoms. The predicted molar refractivity (Wildman–Crippen MR) is 122 cm³/mol. The number of nitrogens with zero attached hydrogens (tertiary/aromatic N) is 1. The molecule has 1 heterocycles. The highest BCUT2D eigenvalue weighted by Gasteiger charge is 2.18. The minimum atomic E-state index is -3.39. The number of hydrogen-bond donors (Lipinski definition) is 0. The average Bonchev–Trinajstić information content (AvgIpc) is 3.29. The summed E-state index contributed by atoms with van der Waals surface area (Å²) < 4.78 is 35.0. The summed E-state index contributed by atoms with van der Waals surface area (Å²) in [6.45, 7) is 3.18. The highest BCUT2D eigenvalue weighted by atomic mass is 32.2. The number of benzene rings is 2. The van der Waals surface area contributed by atoms with E-state index in [4.69, 9.17) is 9.47 Å². The van der Waals surface area contributed by atoms with E-state index in [-0.39, 0.29) is 10.8 Å². The van der Waals surface area contributed by atoms with Crippen LogP contribution in [0.2, 0.25) is 0 Å². The van der Waals surface area contributed by atoms with Crippen LogP contribution in [0.4, 0.5) is 0 Å². The van der Waals surface area contributed by atoms with Crippen molar-refractivity contribution in [1.29, 1.82) is 0 Å². The molecule has 2 aromatic carbocycles. The number of thiophene rings is 1. The molecule has 0 aliphatic heterocycles. The van der Waals surface area contributed by atoms with Crippen molar-refractivity contribution in [1.82, 2.24) is 4.90 Å². The second kappa shape index (κ2) is 9.98. The fourth-order valence-corrected chi connectivity index (χ4v) is 4.35. The summed E-state index contributed by atoms with van der Waals surface area (Å²) in [4.78, 5) is 15.9. The van der Waals surface area contributed by atoms with Gasteiger partial charge in [0.05, 0.1) is 12.0 Å². The Hall–Kier alpha value is -2.84. The molecule has 0 unspecified atom stereocenters. The highest BCUT2D eigenvalue weighted by molar-refractivity contribution is 7.90. The average molecular weight is 460 g/mol. The third-order valence-corrected chi connectivity index (χ3v) is 6.69. The lowest BCUT2D eigenvalue weighted by atomic mass is 10.1. The molecule has 164 valence electrons. The summed E-state index contributed by atoms with van der Waals surface area (Å²) in [5.41, 5.74) is 1.22. The van der Waals surface area contributed by atoms with Crippen LogP contribution in [0.15, 0.2) is 64.9 Å². The van der Waals surface area contributed by atoms with Crippen LogP contribution in [0.3, 0.4) is 0 Å². The van der Waals surface area contributed by atoms with Crippen molar-refractivity contribution in [2.75, 3.05) is 19.9 Å². The molecule has 0 saturated heterocycles. The van der Waals surface area contributed by atoms with E-state index in [0.29, 0.717) is 36.8 Å². The normalized spacial score (nSPS) is 11.2. The van der Waals surface area contributed by atoms with Crippen molar-refractivity contribution in [2.45, 2.75) is 25.0 Å². The first-order valence-electron chi connectivity index (χ1n) is 9.73. The third kappa shape index (κ3) is 5.86. The number of carbonyl (C=O) groups excluding carboxylic acids is 1. The van der Waals surface area contributed by atoms with Crippen molar-refractivity contribution < 1.29 is 22.7 Å². The van der Waals surface area contributed by atoms with Crippen LogP contribution in [-0.4, -0.2) is 39.1 Å². The van der Waals surface area contributed by atoms with Crippen LogP contribution in [0.25, 0.3) is 0 Å². The first-order valence-corrected chi connectivity index (χ1v) is 12.5. The standard InChI is InChI=1S/C23H25NO5S2/c1-4-24(23(25)18-7-5-9-20(14-18)31(3,26)27)15-17-10-11-21(22(13-17)28-2)29-16-19-8-6-12-30-19/h5-14H,4,15-16H2,1-3H3. The molecule has 0 atom stereocenters. The summed E-state index contributed by atoms with van der Waals surface area (Å²) in [5.74, 6) is 0.997. The minimum Gasteiger partial charge on any atom is -0.493 e. The van der Waals surface area contributed by atoms with Crippen LogP contribution >= 0.6 is 11.3 Å². The molecule has 0 saturated carbocycles. The van der Waals surface area contributed by atoms with Gasteiger partial charge >= 0.3 is 0 Å². The molecule has 0 fully saturated rings. The van der Waals surface area contributed by atoms with Gasteiger partial charge in [0, 0.05) is 29.8 Å². The maximum Gasteiger partial charge on any atom is 0.254 e. The van der Waals surface area contributed by atoms with Crippen molar-refractivity contribution in [2.24, 2.45) is 0 Å². The zero-order valence-electron chi connectivity index (χ0n) is 17.7. The lowest BCUT2D eigenvalue weighted by Crippen LogP contribution is -2.30. The zero-order chi connectivity index (χ0) is 22.4. The highest BCUT2D eigenvalue weighted by Crippen LogP contribution is 2.30. The van der Waals surface area contributed by atoms with Gasteiger partial charge in [-0.3, -0.25) is 4.79 Å².